The summed E-state index contributed by atoms with van der Waals surface area (Å²) >= 11 is 0. The first-order chi connectivity index (χ1) is 20.0. The van der Waals surface area contributed by atoms with Gasteiger partial charge in [-0.05, 0) is 56.9 Å². The van der Waals surface area contributed by atoms with Crippen LogP contribution in [0.5, 0.6) is 17.2 Å². The zero-order chi connectivity index (χ0) is 30.0. The van der Waals surface area contributed by atoms with Crippen molar-refractivity contribution in [1.82, 2.24) is 0 Å². The second-order valence-corrected chi connectivity index (χ2v) is 10.9. The van der Waals surface area contributed by atoms with E-state index in [1.165, 1.54) is 12.1 Å². The summed E-state index contributed by atoms with van der Waals surface area (Å²) in [7, 11) is 0. The van der Waals surface area contributed by atoms with Crippen molar-refractivity contribution in [1.29, 1.82) is 0 Å². The van der Waals surface area contributed by atoms with E-state index < -0.39 is 47.2 Å². The van der Waals surface area contributed by atoms with Gasteiger partial charge < -0.3 is 20.1 Å². The van der Waals surface area contributed by atoms with Crippen LogP contribution in [0.2, 0.25) is 0 Å². The van der Waals surface area contributed by atoms with Crippen LogP contribution in [0.15, 0.2) is 70.8 Å². The third-order valence-corrected chi connectivity index (χ3v) is 8.68. The van der Waals surface area contributed by atoms with Crippen molar-refractivity contribution in [3.63, 3.8) is 0 Å². The molecule has 0 spiro atoms. The Morgan fingerprint density at radius 1 is 1.05 bits per heavy atom. The number of phenolic OH excluding ortho intramolecular Hbond substituents is 1. The van der Waals surface area contributed by atoms with Crippen molar-refractivity contribution < 1.29 is 44.0 Å². The van der Waals surface area contributed by atoms with E-state index in [-0.39, 0.29) is 63.9 Å². The molecule has 42 heavy (non-hydrogen) atoms. The number of allylic oxidation sites excluding steroid dienone is 6. The molecule has 1 fully saturated rings. The Kier molecular flexibility index (Phi) is 6.36. The van der Waals surface area contributed by atoms with Gasteiger partial charge in [-0.1, -0.05) is 23.8 Å². The molecule has 3 aliphatic carbocycles. The number of carbonyl (C=O) groups excluding carboxylic acids is 4. The Balaban J connectivity index is 1.47. The third-order valence-electron chi connectivity index (χ3n) is 8.68. The summed E-state index contributed by atoms with van der Waals surface area (Å²) in [5.41, 5.74) is 1.49. The zero-order valence-electron chi connectivity index (χ0n) is 22.8. The highest BCUT2D eigenvalue weighted by molar-refractivity contribution is 6.25. The van der Waals surface area contributed by atoms with Crippen LogP contribution in [-0.2, 0) is 19.2 Å². The number of aromatic hydroxyl groups is 2. The van der Waals surface area contributed by atoms with Crippen LogP contribution in [0, 0.1) is 17.8 Å². The van der Waals surface area contributed by atoms with Crippen LogP contribution in [0.3, 0.4) is 0 Å². The topological polar surface area (TPSA) is 159 Å². The molecule has 214 valence electrons. The minimum absolute atomic E-state index is 0.0419. The van der Waals surface area contributed by atoms with Gasteiger partial charge in [0.1, 0.15) is 11.3 Å². The predicted molar refractivity (Wildman–Crippen MR) is 148 cm³/mol. The van der Waals surface area contributed by atoms with Crippen LogP contribution in [-0.4, -0.2) is 51.3 Å². The highest BCUT2D eigenvalue weighted by Crippen LogP contribution is 2.57. The maximum atomic E-state index is 14.0. The number of hydrogen-bond acceptors (Lipinski definition) is 8. The number of amides is 2. The summed E-state index contributed by atoms with van der Waals surface area (Å²) < 4.78 is 5.59. The predicted octanol–water partition coefficient (Wildman–Crippen LogP) is 3.83. The van der Waals surface area contributed by atoms with Gasteiger partial charge in [-0.3, -0.25) is 19.2 Å². The van der Waals surface area contributed by atoms with Crippen molar-refractivity contribution in [3.05, 3.63) is 82.0 Å². The Labute approximate surface area is 240 Å². The number of para-hydroxylation sites is 1. The molecule has 6 rings (SSSR count). The molecule has 4 atom stereocenters. The molecule has 1 aliphatic heterocycles. The zero-order valence-corrected chi connectivity index (χ0v) is 22.8. The number of benzene rings is 2. The van der Waals surface area contributed by atoms with E-state index in [1.807, 2.05) is 6.08 Å². The molecule has 3 N–H and O–H groups in total. The number of hydrogen-bond donors (Lipinski definition) is 3. The van der Waals surface area contributed by atoms with Crippen LogP contribution in [0.1, 0.15) is 48.5 Å². The molecule has 2 aromatic carbocycles. The van der Waals surface area contributed by atoms with Crippen LogP contribution in [0.4, 0.5) is 5.69 Å². The molecule has 0 bridgehead atoms. The second-order valence-electron chi connectivity index (χ2n) is 10.9. The lowest BCUT2D eigenvalue weighted by Crippen LogP contribution is -2.39. The molecule has 0 aromatic heterocycles. The van der Waals surface area contributed by atoms with E-state index in [9.17, 15) is 39.3 Å². The van der Waals surface area contributed by atoms with E-state index in [4.69, 9.17) is 4.74 Å². The van der Waals surface area contributed by atoms with Gasteiger partial charge in [0.15, 0.2) is 23.1 Å². The van der Waals surface area contributed by atoms with Gasteiger partial charge in [0.25, 0.3) is 0 Å². The maximum Gasteiger partial charge on any atom is 0.339 e. The number of anilines is 1. The monoisotopic (exact) mass is 569 g/mol. The fraction of sp³-hybridized carbons (Fsp3) is 0.281. The van der Waals surface area contributed by atoms with Crippen molar-refractivity contribution in [2.75, 3.05) is 11.5 Å². The van der Waals surface area contributed by atoms with E-state index in [1.54, 1.807) is 32.0 Å². The number of carboxylic acid groups (broad SMARTS) is 1. The minimum Gasteiger partial charge on any atom is -0.507 e. The van der Waals surface area contributed by atoms with Gasteiger partial charge in [0, 0.05) is 34.3 Å². The molecule has 1 saturated heterocycles. The van der Waals surface area contributed by atoms with Gasteiger partial charge in [0.2, 0.25) is 11.8 Å². The molecule has 10 heteroatoms. The Morgan fingerprint density at radius 2 is 1.81 bits per heavy atom. The quantitative estimate of drug-likeness (QED) is 0.276. The first kappa shape index (κ1) is 27.2. The van der Waals surface area contributed by atoms with Crippen molar-refractivity contribution >= 4 is 35.0 Å². The average Bonchev–Trinajstić information content (AvgIpc) is 3.21. The number of carboxylic acids is 1. The number of imide groups is 1. The molecule has 10 nitrogen and oxygen atoms in total. The van der Waals surface area contributed by atoms with Crippen LogP contribution >= 0.6 is 0 Å². The summed E-state index contributed by atoms with van der Waals surface area (Å²) in [6, 6.07) is 8.45. The number of ether oxygens (including phenoxy) is 1. The maximum absolute atomic E-state index is 14.0. The van der Waals surface area contributed by atoms with Crippen molar-refractivity contribution in [2.24, 2.45) is 17.8 Å². The van der Waals surface area contributed by atoms with Gasteiger partial charge in [-0.25, -0.2) is 9.69 Å². The normalized spacial score (nSPS) is 25.0. The molecule has 4 aliphatic rings. The number of nitrogens with zero attached hydrogens (tertiary/aromatic N) is 1. The highest BCUT2D eigenvalue weighted by Gasteiger charge is 2.57. The van der Waals surface area contributed by atoms with Crippen molar-refractivity contribution in [3.8, 4) is 17.2 Å². The minimum atomic E-state index is -1.36. The Bertz CT molecular complexity index is 1710. The number of carbonyl (C=O) groups is 5. The van der Waals surface area contributed by atoms with Gasteiger partial charge >= 0.3 is 5.97 Å². The molecule has 0 saturated carbocycles. The number of ketones is 2. The lowest BCUT2D eigenvalue weighted by molar-refractivity contribution is -0.123. The fourth-order valence-electron chi connectivity index (χ4n) is 6.86. The standard InChI is InChI=1S/C32H27NO9/c1-3-42-24-6-4-5-18(29(24)37)25-16-9-10-19-26(20(16)13-21-22(34)11-14(2)28(36)27(21)25)31(39)33(30(19)38)15-7-8-17(32(40)41)23(35)12-15/h4-9,11-12,19-20,25-26,35,37H,3,10,13H2,1-2H3,(H,40,41)/t19-,20+,25+,26-/m0/s1. The van der Waals surface area contributed by atoms with E-state index in [2.05, 4.69) is 0 Å². The smallest absolute Gasteiger partial charge is 0.339 e. The van der Waals surface area contributed by atoms with E-state index >= 15 is 0 Å². The van der Waals surface area contributed by atoms with E-state index in [0.29, 0.717) is 17.7 Å². The molecule has 1 heterocycles. The van der Waals surface area contributed by atoms with Gasteiger partial charge in [-0.15, -0.1) is 0 Å². The Hall–Kier alpha value is -4.99. The largest absolute Gasteiger partial charge is 0.507 e. The lowest BCUT2D eigenvalue weighted by Gasteiger charge is -2.42. The lowest BCUT2D eigenvalue weighted by atomic mass is 9.59. The fourth-order valence-corrected chi connectivity index (χ4v) is 6.86. The summed E-state index contributed by atoms with van der Waals surface area (Å²) in [6.45, 7) is 3.63. The molecular weight excluding hydrogens is 542 g/mol. The summed E-state index contributed by atoms with van der Waals surface area (Å²) in [5.74, 6) is -6.69. The molecule has 0 radical (unpaired) electrons. The average molecular weight is 570 g/mol. The summed E-state index contributed by atoms with van der Waals surface area (Å²) in [6.07, 6.45) is 3.36. The molecular formula is C32H27NO9. The summed E-state index contributed by atoms with van der Waals surface area (Å²) in [4.78, 5) is 66.8. The molecule has 2 aromatic rings. The van der Waals surface area contributed by atoms with Crippen LogP contribution in [0.25, 0.3) is 0 Å². The molecule has 0 unspecified atom stereocenters. The van der Waals surface area contributed by atoms with Gasteiger partial charge in [-0.2, -0.15) is 0 Å². The summed E-state index contributed by atoms with van der Waals surface area (Å²) in [5, 5.41) is 30.7. The number of aromatic carboxylic acids is 1. The molecule has 2 amide bonds. The number of fused-ring (bicyclic) bond motifs is 3. The highest BCUT2D eigenvalue weighted by atomic mass is 16.5. The second kappa shape index (κ2) is 9.83. The number of Topliss-reactive ketones (excluding diaryl/α,β-unsaturated/α-hetero) is 1. The number of rotatable bonds is 5. The first-order valence-electron chi connectivity index (χ1n) is 13.6. The third kappa shape index (κ3) is 3.89. The first-order valence-corrected chi connectivity index (χ1v) is 13.6. The number of phenols is 2. The SMILES string of the molecule is CCOc1cccc([C@H]2C3=CC[C@@H]4C(=O)N(c5ccc(C(=O)O)c(O)c5)C(=O)[C@@H]4[C@@H]3CC3=C2C(=O)C(C)=CC3=O)c1O. The van der Waals surface area contributed by atoms with Gasteiger partial charge in [0.05, 0.1) is 24.1 Å². The van der Waals surface area contributed by atoms with Crippen molar-refractivity contribution in [2.45, 2.75) is 32.6 Å². The Morgan fingerprint density at radius 3 is 2.50 bits per heavy atom. The van der Waals surface area contributed by atoms with E-state index in [0.717, 1.165) is 17.0 Å². The van der Waals surface area contributed by atoms with Crippen LogP contribution < -0.4 is 9.64 Å².